The second-order valence-electron chi connectivity index (χ2n) is 14.2. The molecule has 280 valence electrons. The number of thiophene rings is 1. The molecule has 0 unspecified atom stereocenters. The number of ether oxygens (including phenoxy) is 3. The van der Waals surface area contributed by atoms with Crippen molar-refractivity contribution >= 4 is 45.1 Å². The first-order valence-electron chi connectivity index (χ1n) is 18.0. The molecule has 3 heterocycles. The van der Waals surface area contributed by atoms with Crippen LogP contribution in [-0.4, -0.2) is 113 Å². The van der Waals surface area contributed by atoms with Gasteiger partial charge in [0.25, 0.3) is 0 Å². The summed E-state index contributed by atoms with van der Waals surface area (Å²) in [6, 6.07) is 7.42. The van der Waals surface area contributed by atoms with Gasteiger partial charge in [-0.25, -0.2) is 9.97 Å². The lowest BCUT2D eigenvalue weighted by Crippen LogP contribution is -2.51. The molecule has 1 aliphatic carbocycles. The summed E-state index contributed by atoms with van der Waals surface area (Å²) in [6.45, 7) is 11.0. The molecular formula is C38H54N4O7S2. The third-order valence-electron chi connectivity index (χ3n) is 10.2. The summed E-state index contributed by atoms with van der Waals surface area (Å²) in [7, 11) is 3.09. The Hall–Kier alpha value is -2.81. The number of benzene rings is 1. The van der Waals surface area contributed by atoms with Gasteiger partial charge in [-0.1, -0.05) is 37.7 Å². The SMILES string of the molecule is COc1cccc([C@@H]2[C@@H](C(C)C)CN(C(C)=O)C[C@H](OC)[C@@H](O)[C@@H](O)COCCCCN2C(=O)CSc2nc(C3CC3)nc3sc(C)c(C)c23)c1. The van der Waals surface area contributed by atoms with Crippen LogP contribution in [0.1, 0.15) is 80.2 Å². The van der Waals surface area contributed by atoms with Crippen LogP contribution in [0, 0.1) is 25.7 Å². The predicted molar refractivity (Wildman–Crippen MR) is 200 cm³/mol. The number of carbonyl (C=O) groups excluding carboxylic acids is 2. The van der Waals surface area contributed by atoms with E-state index in [1.54, 1.807) is 23.3 Å². The van der Waals surface area contributed by atoms with Crippen LogP contribution in [0.25, 0.3) is 10.2 Å². The monoisotopic (exact) mass is 742 g/mol. The molecule has 1 aliphatic heterocycles. The molecule has 1 saturated carbocycles. The van der Waals surface area contributed by atoms with E-state index in [1.165, 1.54) is 30.7 Å². The highest BCUT2D eigenvalue weighted by Gasteiger charge is 2.38. The maximum absolute atomic E-state index is 14.8. The van der Waals surface area contributed by atoms with E-state index >= 15 is 0 Å². The van der Waals surface area contributed by atoms with Gasteiger partial charge in [-0.05, 0) is 68.7 Å². The number of aliphatic hydroxyl groups excluding tert-OH is 2. The number of hydrogen-bond donors (Lipinski definition) is 2. The summed E-state index contributed by atoms with van der Waals surface area (Å²) in [5.74, 6) is 1.75. The third-order valence-corrected chi connectivity index (χ3v) is 12.3. The average Bonchev–Trinajstić information content (AvgIpc) is 3.92. The third kappa shape index (κ3) is 9.60. The van der Waals surface area contributed by atoms with E-state index in [1.807, 2.05) is 29.2 Å². The van der Waals surface area contributed by atoms with E-state index in [0.29, 0.717) is 44.2 Å². The van der Waals surface area contributed by atoms with E-state index in [9.17, 15) is 19.8 Å². The van der Waals surface area contributed by atoms with Crippen LogP contribution in [-0.2, 0) is 19.1 Å². The molecule has 5 atom stereocenters. The van der Waals surface area contributed by atoms with E-state index < -0.39 is 24.4 Å². The molecule has 1 aromatic carbocycles. The van der Waals surface area contributed by atoms with Crippen molar-refractivity contribution in [3.63, 3.8) is 0 Å². The number of hydrogen-bond acceptors (Lipinski definition) is 11. The quantitative estimate of drug-likeness (QED) is 0.224. The summed E-state index contributed by atoms with van der Waals surface area (Å²) >= 11 is 3.16. The highest BCUT2D eigenvalue weighted by Crippen LogP contribution is 2.43. The fourth-order valence-electron chi connectivity index (χ4n) is 6.81. The van der Waals surface area contributed by atoms with Crippen LogP contribution in [0.5, 0.6) is 5.75 Å². The fraction of sp³-hybridized carbons (Fsp3) is 0.632. The number of nitrogens with zero attached hydrogens (tertiary/aromatic N) is 4. The molecular weight excluding hydrogens is 689 g/mol. The Morgan fingerprint density at radius 3 is 2.55 bits per heavy atom. The minimum Gasteiger partial charge on any atom is -0.497 e. The lowest BCUT2D eigenvalue weighted by atomic mass is 9.82. The van der Waals surface area contributed by atoms with Crippen LogP contribution in [0.15, 0.2) is 29.3 Å². The largest absolute Gasteiger partial charge is 0.497 e. The van der Waals surface area contributed by atoms with Gasteiger partial charge in [0.1, 0.15) is 39.7 Å². The first kappa shape index (κ1) is 39.4. The van der Waals surface area contributed by atoms with Gasteiger partial charge in [0.2, 0.25) is 11.8 Å². The van der Waals surface area contributed by atoms with Gasteiger partial charge in [0.05, 0.1) is 25.5 Å². The number of carbonyl (C=O) groups is 2. The second-order valence-corrected chi connectivity index (χ2v) is 16.3. The molecule has 1 saturated heterocycles. The Balaban J connectivity index is 1.55. The molecule has 13 heteroatoms. The molecule has 2 aromatic heterocycles. The standard InChI is InChI=1S/C38H54N4O7S2/c1-22(2)29-18-41(25(5)43)19-31(48-7)35(46)30(44)20-49-16-9-8-15-42(34(29)27-11-10-12-28(17-27)47-6)32(45)21-50-37-33-23(3)24(4)51-38(33)40-36(39-37)26-13-14-26/h10-12,17,22,26,29-31,34-35,44,46H,8-9,13-16,18-21H2,1-7H3/t29-,30+,31+,34-,35+/m1/s1. The molecule has 5 rings (SSSR count). The summed E-state index contributed by atoms with van der Waals surface area (Å²) < 4.78 is 17.0. The minimum absolute atomic E-state index is 0.0250. The number of fused-ring (bicyclic) bond motifs is 1. The highest BCUT2D eigenvalue weighted by molar-refractivity contribution is 8.00. The van der Waals surface area contributed by atoms with Crippen LogP contribution >= 0.6 is 23.1 Å². The Bertz CT molecular complexity index is 1650. The van der Waals surface area contributed by atoms with Crippen molar-refractivity contribution < 1.29 is 34.0 Å². The summed E-state index contributed by atoms with van der Waals surface area (Å²) in [5, 5.41) is 23.6. The van der Waals surface area contributed by atoms with Crippen molar-refractivity contribution in [1.29, 1.82) is 0 Å². The van der Waals surface area contributed by atoms with Gasteiger partial charge in [-0.2, -0.15) is 0 Å². The number of aryl methyl sites for hydroxylation is 2. The van der Waals surface area contributed by atoms with Crippen molar-refractivity contribution in [2.24, 2.45) is 11.8 Å². The van der Waals surface area contributed by atoms with Crippen LogP contribution < -0.4 is 4.74 Å². The molecule has 0 radical (unpaired) electrons. The molecule has 2 aliphatic rings. The van der Waals surface area contributed by atoms with Crippen LogP contribution in [0.2, 0.25) is 0 Å². The lowest BCUT2D eigenvalue weighted by molar-refractivity contribution is -0.139. The molecule has 3 aromatic rings. The van der Waals surface area contributed by atoms with E-state index in [2.05, 4.69) is 27.7 Å². The van der Waals surface area contributed by atoms with Crippen LogP contribution in [0.4, 0.5) is 0 Å². The van der Waals surface area contributed by atoms with Crippen LogP contribution in [0.3, 0.4) is 0 Å². The van der Waals surface area contributed by atoms with Crippen molar-refractivity contribution in [2.75, 3.05) is 52.8 Å². The van der Waals surface area contributed by atoms with Gasteiger partial charge >= 0.3 is 0 Å². The van der Waals surface area contributed by atoms with Gasteiger partial charge in [-0.3, -0.25) is 9.59 Å². The normalized spacial score (nSPS) is 24.4. The van der Waals surface area contributed by atoms with E-state index in [0.717, 1.165) is 45.0 Å². The van der Waals surface area contributed by atoms with Crippen molar-refractivity contribution in [3.8, 4) is 5.75 Å². The smallest absolute Gasteiger partial charge is 0.233 e. The topological polar surface area (TPSA) is 135 Å². The Labute approximate surface area is 310 Å². The average molecular weight is 743 g/mol. The molecule has 0 spiro atoms. The van der Waals surface area contributed by atoms with Gasteiger partial charge in [0, 0.05) is 62.4 Å². The van der Waals surface area contributed by atoms with E-state index in [4.69, 9.17) is 24.2 Å². The molecule has 2 N–H and O–H groups in total. The number of aliphatic hydroxyl groups is 2. The van der Waals surface area contributed by atoms with Crippen molar-refractivity contribution in [1.82, 2.24) is 19.8 Å². The minimum atomic E-state index is -1.26. The zero-order valence-electron chi connectivity index (χ0n) is 31.0. The lowest BCUT2D eigenvalue weighted by Gasteiger charge is -2.42. The van der Waals surface area contributed by atoms with Gasteiger partial charge < -0.3 is 34.2 Å². The molecule has 2 fully saturated rings. The number of amides is 2. The summed E-state index contributed by atoms with van der Waals surface area (Å²) in [4.78, 5) is 43.8. The number of methoxy groups -OCH3 is 2. The Morgan fingerprint density at radius 2 is 1.88 bits per heavy atom. The predicted octanol–water partition coefficient (Wildman–Crippen LogP) is 5.52. The highest BCUT2D eigenvalue weighted by atomic mass is 32.2. The first-order chi connectivity index (χ1) is 24.4. The summed E-state index contributed by atoms with van der Waals surface area (Å²) in [6.07, 6.45) is 0.206. The summed E-state index contributed by atoms with van der Waals surface area (Å²) in [5.41, 5.74) is 2.07. The van der Waals surface area contributed by atoms with E-state index in [-0.39, 0.29) is 42.6 Å². The molecule has 11 nitrogen and oxygen atoms in total. The first-order valence-corrected chi connectivity index (χ1v) is 19.8. The maximum Gasteiger partial charge on any atom is 0.233 e. The van der Waals surface area contributed by atoms with Gasteiger partial charge in [-0.15, -0.1) is 11.3 Å². The maximum atomic E-state index is 14.8. The van der Waals surface area contributed by atoms with Crippen molar-refractivity contribution in [3.05, 3.63) is 46.1 Å². The second kappa shape index (κ2) is 17.8. The zero-order chi connectivity index (χ0) is 36.8. The fourth-order valence-corrected chi connectivity index (χ4v) is 8.89. The molecule has 51 heavy (non-hydrogen) atoms. The zero-order valence-corrected chi connectivity index (χ0v) is 32.6. The Kier molecular flexibility index (Phi) is 13.8. The molecule has 2 amide bonds. The van der Waals surface area contributed by atoms with Gasteiger partial charge in [0.15, 0.2) is 0 Å². The van der Waals surface area contributed by atoms with Crippen molar-refractivity contribution in [2.45, 2.75) is 95.6 Å². The number of rotatable bonds is 8. The number of aromatic nitrogens is 2. The number of thioether (sulfide) groups is 1. The molecule has 0 bridgehead atoms. The Morgan fingerprint density at radius 1 is 1.12 bits per heavy atom.